The van der Waals surface area contributed by atoms with E-state index in [1.165, 1.54) is 0 Å². The van der Waals surface area contributed by atoms with Crippen LogP contribution < -0.4 is 15.2 Å². The molecule has 2 aromatic rings. The van der Waals surface area contributed by atoms with E-state index in [1.807, 2.05) is 36.4 Å². The van der Waals surface area contributed by atoms with Crippen LogP contribution in [-0.2, 0) is 13.0 Å². The average molecular weight is 371 g/mol. The fourth-order valence-electron chi connectivity index (χ4n) is 1.96. The minimum Gasteiger partial charge on any atom is -0.493 e. The van der Waals surface area contributed by atoms with E-state index in [1.54, 1.807) is 7.11 Å². The number of rotatable bonds is 6. The molecule has 21 heavy (non-hydrogen) atoms. The standard InChI is InChI=1S/C16H17BrClNO2/c1-20-15-9-12(6-7-19)8-14(18)16(15)21-10-11-2-4-13(17)5-3-11/h2-5,8-9H,6-7,10,19H2,1H3. The molecule has 2 aromatic carbocycles. The van der Waals surface area contributed by atoms with Gasteiger partial charge in [0, 0.05) is 4.47 Å². The van der Waals surface area contributed by atoms with Crippen molar-refractivity contribution in [1.82, 2.24) is 0 Å². The minimum atomic E-state index is 0.430. The average Bonchev–Trinajstić information content (AvgIpc) is 2.47. The lowest BCUT2D eigenvalue weighted by Crippen LogP contribution is -2.04. The molecule has 0 saturated carbocycles. The van der Waals surface area contributed by atoms with Crippen LogP contribution in [0.15, 0.2) is 40.9 Å². The SMILES string of the molecule is COc1cc(CCN)cc(Cl)c1OCc1ccc(Br)cc1. The van der Waals surface area contributed by atoms with E-state index in [2.05, 4.69) is 15.9 Å². The smallest absolute Gasteiger partial charge is 0.180 e. The number of ether oxygens (including phenoxy) is 2. The summed E-state index contributed by atoms with van der Waals surface area (Å²) in [7, 11) is 1.60. The Hall–Kier alpha value is -1.23. The van der Waals surface area contributed by atoms with E-state index < -0.39 is 0 Å². The quantitative estimate of drug-likeness (QED) is 0.829. The van der Waals surface area contributed by atoms with Crippen molar-refractivity contribution in [1.29, 1.82) is 0 Å². The fraction of sp³-hybridized carbons (Fsp3) is 0.250. The van der Waals surface area contributed by atoms with Crippen LogP contribution in [-0.4, -0.2) is 13.7 Å². The normalized spacial score (nSPS) is 10.5. The molecule has 3 nitrogen and oxygen atoms in total. The van der Waals surface area contributed by atoms with Crippen molar-refractivity contribution < 1.29 is 9.47 Å². The molecule has 0 aliphatic heterocycles. The van der Waals surface area contributed by atoms with Gasteiger partial charge in [-0.3, -0.25) is 0 Å². The van der Waals surface area contributed by atoms with E-state index in [4.69, 9.17) is 26.8 Å². The summed E-state index contributed by atoms with van der Waals surface area (Å²) in [6, 6.07) is 11.7. The van der Waals surface area contributed by atoms with Crippen LogP contribution in [0.1, 0.15) is 11.1 Å². The third-order valence-corrected chi connectivity index (χ3v) is 3.83. The lowest BCUT2D eigenvalue weighted by molar-refractivity contribution is 0.284. The molecule has 0 aliphatic carbocycles. The molecule has 0 saturated heterocycles. The number of methoxy groups -OCH3 is 1. The zero-order valence-electron chi connectivity index (χ0n) is 11.7. The molecular formula is C16H17BrClNO2. The van der Waals surface area contributed by atoms with Gasteiger partial charge >= 0.3 is 0 Å². The molecule has 0 unspecified atom stereocenters. The minimum absolute atomic E-state index is 0.430. The maximum Gasteiger partial charge on any atom is 0.180 e. The molecule has 0 amide bonds. The predicted octanol–water partition coefficient (Wildman–Crippen LogP) is 4.19. The van der Waals surface area contributed by atoms with Gasteiger partial charge in [-0.2, -0.15) is 0 Å². The zero-order chi connectivity index (χ0) is 15.2. The second kappa shape index (κ2) is 7.69. The lowest BCUT2D eigenvalue weighted by atomic mass is 10.1. The maximum atomic E-state index is 6.29. The molecule has 2 rings (SSSR count). The Labute approximate surface area is 138 Å². The van der Waals surface area contributed by atoms with Crippen molar-refractivity contribution in [3.63, 3.8) is 0 Å². The molecule has 5 heteroatoms. The van der Waals surface area contributed by atoms with Gasteiger partial charge in [0.15, 0.2) is 11.5 Å². The predicted molar refractivity (Wildman–Crippen MR) is 89.2 cm³/mol. The molecular weight excluding hydrogens is 354 g/mol. The fourth-order valence-corrected chi connectivity index (χ4v) is 2.51. The Balaban J connectivity index is 2.16. The number of hydrogen-bond donors (Lipinski definition) is 1. The summed E-state index contributed by atoms with van der Waals surface area (Å²) >= 11 is 9.69. The second-order valence-electron chi connectivity index (χ2n) is 4.56. The van der Waals surface area contributed by atoms with E-state index in [-0.39, 0.29) is 0 Å². The highest BCUT2D eigenvalue weighted by Crippen LogP contribution is 2.37. The van der Waals surface area contributed by atoms with Crippen LogP contribution in [0.4, 0.5) is 0 Å². The van der Waals surface area contributed by atoms with Crippen molar-refractivity contribution in [3.8, 4) is 11.5 Å². The largest absolute Gasteiger partial charge is 0.493 e. The topological polar surface area (TPSA) is 44.5 Å². The molecule has 0 spiro atoms. The Morgan fingerprint density at radius 1 is 1.14 bits per heavy atom. The van der Waals surface area contributed by atoms with Crippen LogP contribution in [0.5, 0.6) is 11.5 Å². The van der Waals surface area contributed by atoms with Gasteiger partial charge in [-0.1, -0.05) is 39.7 Å². The van der Waals surface area contributed by atoms with Crippen molar-refractivity contribution >= 4 is 27.5 Å². The third kappa shape index (κ3) is 4.37. The Morgan fingerprint density at radius 2 is 1.86 bits per heavy atom. The van der Waals surface area contributed by atoms with Gasteiger partial charge in [-0.15, -0.1) is 0 Å². The second-order valence-corrected chi connectivity index (χ2v) is 5.89. The Kier molecular flexibility index (Phi) is 5.91. The Bertz CT molecular complexity index is 602. The third-order valence-electron chi connectivity index (χ3n) is 3.02. The first kappa shape index (κ1) is 16.1. The number of hydrogen-bond acceptors (Lipinski definition) is 3. The number of nitrogens with two attached hydrogens (primary N) is 1. The molecule has 0 radical (unpaired) electrons. The lowest BCUT2D eigenvalue weighted by Gasteiger charge is -2.14. The van der Waals surface area contributed by atoms with Gasteiger partial charge in [0.2, 0.25) is 0 Å². The Morgan fingerprint density at radius 3 is 2.48 bits per heavy atom. The van der Waals surface area contributed by atoms with Crippen LogP contribution in [0.2, 0.25) is 5.02 Å². The van der Waals surface area contributed by atoms with Gasteiger partial charge in [0.1, 0.15) is 6.61 Å². The highest BCUT2D eigenvalue weighted by atomic mass is 79.9. The highest BCUT2D eigenvalue weighted by molar-refractivity contribution is 9.10. The first-order valence-electron chi connectivity index (χ1n) is 6.57. The summed E-state index contributed by atoms with van der Waals surface area (Å²) in [6.07, 6.45) is 0.753. The van der Waals surface area contributed by atoms with Crippen molar-refractivity contribution in [2.24, 2.45) is 5.73 Å². The molecule has 0 aromatic heterocycles. The van der Waals surface area contributed by atoms with Gasteiger partial charge < -0.3 is 15.2 Å². The molecule has 0 bridgehead atoms. The van der Waals surface area contributed by atoms with Crippen molar-refractivity contribution in [2.45, 2.75) is 13.0 Å². The first-order chi connectivity index (χ1) is 10.1. The van der Waals surface area contributed by atoms with Gasteiger partial charge in [0.05, 0.1) is 12.1 Å². The van der Waals surface area contributed by atoms with E-state index in [9.17, 15) is 0 Å². The molecule has 2 N–H and O–H groups in total. The van der Waals surface area contributed by atoms with E-state index in [0.717, 1.165) is 22.0 Å². The van der Waals surface area contributed by atoms with Gasteiger partial charge in [0.25, 0.3) is 0 Å². The summed E-state index contributed by atoms with van der Waals surface area (Å²) in [4.78, 5) is 0. The van der Waals surface area contributed by atoms with Crippen LogP contribution in [0.3, 0.4) is 0 Å². The zero-order valence-corrected chi connectivity index (χ0v) is 14.1. The number of benzene rings is 2. The highest BCUT2D eigenvalue weighted by Gasteiger charge is 2.12. The molecule has 0 fully saturated rings. The van der Waals surface area contributed by atoms with Crippen LogP contribution in [0.25, 0.3) is 0 Å². The van der Waals surface area contributed by atoms with Crippen LogP contribution >= 0.6 is 27.5 Å². The summed E-state index contributed by atoms with van der Waals surface area (Å²) in [5.74, 6) is 1.19. The summed E-state index contributed by atoms with van der Waals surface area (Å²) in [5.41, 5.74) is 7.66. The van der Waals surface area contributed by atoms with E-state index >= 15 is 0 Å². The summed E-state index contributed by atoms with van der Waals surface area (Å²) in [5, 5.41) is 0.537. The molecule has 0 heterocycles. The monoisotopic (exact) mass is 369 g/mol. The first-order valence-corrected chi connectivity index (χ1v) is 7.75. The molecule has 0 atom stereocenters. The molecule has 112 valence electrons. The maximum absolute atomic E-state index is 6.29. The van der Waals surface area contributed by atoms with Crippen LogP contribution in [0, 0.1) is 0 Å². The van der Waals surface area contributed by atoms with Crippen molar-refractivity contribution in [3.05, 3.63) is 57.0 Å². The van der Waals surface area contributed by atoms with Crippen molar-refractivity contribution in [2.75, 3.05) is 13.7 Å². The summed E-state index contributed by atoms with van der Waals surface area (Å²) < 4.78 is 12.2. The van der Waals surface area contributed by atoms with E-state index in [0.29, 0.717) is 29.7 Å². The van der Waals surface area contributed by atoms with Gasteiger partial charge in [-0.05, 0) is 48.4 Å². The number of halogens is 2. The van der Waals surface area contributed by atoms with Gasteiger partial charge in [-0.25, -0.2) is 0 Å². The molecule has 0 aliphatic rings. The summed E-state index contributed by atoms with van der Waals surface area (Å²) in [6.45, 7) is 0.998.